The van der Waals surface area contributed by atoms with Gasteiger partial charge in [0.1, 0.15) is 18.1 Å². The number of hydrogen-bond donors (Lipinski definition) is 0. The molecule has 1 unspecified atom stereocenters. The Morgan fingerprint density at radius 2 is 2.28 bits per heavy atom. The molecule has 0 spiro atoms. The lowest BCUT2D eigenvalue weighted by molar-refractivity contribution is -0.145. The Balaban J connectivity index is 2.84. The number of ether oxygens (including phenoxy) is 2. The fourth-order valence-corrected chi connectivity index (χ4v) is 1.78. The van der Waals surface area contributed by atoms with Crippen molar-refractivity contribution < 1.29 is 14.3 Å². The van der Waals surface area contributed by atoms with Crippen LogP contribution in [0, 0.1) is 0 Å². The zero-order valence-corrected chi connectivity index (χ0v) is 11.3. The zero-order chi connectivity index (χ0) is 13.4. The van der Waals surface area contributed by atoms with Crippen LogP contribution in [0.5, 0.6) is 0 Å². The van der Waals surface area contributed by atoms with Gasteiger partial charge in [0, 0.05) is 13.7 Å². The van der Waals surface area contributed by atoms with E-state index < -0.39 is 0 Å². The maximum absolute atomic E-state index is 11.9. The van der Waals surface area contributed by atoms with Gasteiger partial charge >= 0.3 is 5.97 Å². The van der Waals surface area contributed by atoms with Gasteiger partial charge in [-0.2, -0.15) is 0 Å². The number of methoxy groups -OCH3 is 1. The predicted octanol–water partition coefficient (Wildman–Crippen LogP) is 1.37. The van der Waals surface area contributed by atoms with E-state index in [1.807, 2.05) is 11.5 Å². The van der Waals surface area contributed by atoms with Crippen LogP contribution in [0.15, 0.2) is 6.33 Å². The van der Waals surface area contributed by atoms with E-state index in [4.69, 9.17) is 9.47 Å². The van der Waals surface area contributed by atoms with Gasteiger partial charge in [0.2, 0.25) is 0 Å². The number of hydrogen-bond acceptors (Lipinski definition) is 5. The molecule has 0 saturated heterocycles. The molecule has 6 nitrogen and oxygen atoms in total. The summed E-state index contributed by atoms with van der Waals surface area (Å²) in [6.45, 7) is 5.41. The highest BCUT2D eigenvalue weighted by molar-refractivity contribution is 5.77. The van der Waals surface area contributed by atoms with Crippen LogP contribution in [-0.4, -0.2) is 41.1 Å². The first-order valence-corrected chi connectivity index (χ1v) is 6.27. The van der Waals surface area contributed by atoms with E-state index in [0.29, 0.717) is 32.0 Å². The van der Waals surface area contributed by atoms with Crippen LogP contribution in [0.1, 0.15) is 38.4 Å². The molecule has 0 saturated carbocycles. The van der Waals surface area contributed by atoms with E-state index in [0.717, 1.165) is 6.42 Å². The Labute approximate surface area is 107 Å². The van der Waals surface area contributed by atoms with E-state index in [1.165, 1.54) is 0 Å². The predicted molar refractivity (Wildman–Crippen MR) is 66.2 cm³/mol. The molecule has 0 radical (unpaired) electrons. The highest BCUT2D eigenvalue weighted by atomic mass is 16.5. The van der Waals surface area contributed by atoms with Gasteiger partial charge in [-0.05, 0) is 13.3 Å². The van der Waals surface area contributed by atoms with Crippen LogP contribution in [-0.2, 0) is 20.8 Å². The SMILES string of the molecule is CCCC(C(=O)OCC)c1nncn1CCOC. The Morgan fingerprint density at radius 3 is 2.89 bits per heavy atom. The number of esters is 1. The fourth-order valence-electron chi connectivity index (χ4n) is 1.78. The average molecular weight is 255 g/mol. The molecule has 0 aliphatic rings. The van der Waals surface area contributed by atoms with Crippen molar-refractivity contribution in [3.8, 4) is 0 Å². The fraction of sp³-hybridized carbons (Fsp3) is 0.750. The zero-order valence-electron chi connectivity index (χ0n) is 11.3. The molecule has 0 N–H and O–H groups in total. The molecular formula is C12H21N3O3. The number of carbonyl (C=O) groups excluding carboxylic acids is 1. The van der Waals surface area contributed by atoms with Crippen molar-refractivity contribution in [1.29, 1.82) is 0 Å². The molecule has 0 amide bonds. The lowest BCUT2D eigenvalue weighted by Gasteiger charge is -2.15. The molecule has 102 valence electrons. The second kappa shape index (κ2) is 7.81. The number of carbonyl (C=O) groups is 1. The molecular weight excluding hydrogens is 234 g/mol. The normalized spacial score (nSPS) is 12.4. The van der Waals surface area contributed by atoms with Gasteiger partial charge in [0.05, 0.1) is 13.2 Å². The van der Waals surface area contributed by atoms with Crippen LogP contribution in [0.25, 0.3) is 0 Å². The summed E-state index contributed by atoms with van der Waals surface area (Å²) in [6, 6.07) is 0. The van der Waals surface area contributed by atoms with E-state index in [9.17, 15) is 4.79 Å². The van der Waals surface area contributed by atoms with E-state index >= 15 is 0 Å². The Bertz CT molecular complexity index is 365. The average Bonchev–Trinajstić information content (AvgIpc) is 2.81. The van der Waals surface area contributed by atoms with Crippen molar-refractivity contribution in [2.24, 2.45) is 0 Å². The van der Waals surface area contributed by atoms with Crippen molar-refractivity contribution in [3.63, 3.8) is 0 Å². The molecule has 1 atom stereocenters. The number of nitrogens with zero attached hydrogens (tertiary/aromatic N) is 3. The number of aromatic nitrogens is 3. The Hall–Kier alpha value is -1.43. The van der Waals surface area contributed by atoms with Crippen molar-refractivity contribution in [1.82, 2.24) is 14.8 Å². The van der Waals surface area contributed by atoms with Gasteiger partial charge in [0.15, 0.2) is 0 Å². The second-order valence-electron chi connectivity index (χ2n) is 3.97. The quantitative estimate of drug-likeness (QED) is 0.656. The van der Waals surface area contributed by atoms with Gasteiger partial charge < -0.3 is 14.0 Å². The summed E-state index contributed by atoms with van der Waals surface area (Å²) in [5.41, 5.74) is 0. The molecule has 0 bridgehead atoms. The van der Waals surface area contributed by atoms with E-state index in [1.54, 1.807) is 20.4 Å². The monoisotopic (exact) mass is 255 g/mol. The van der Waals surface area contributed by atoms with Crippen LogP contribution < -0.4 is 0 Å². The summed E-state index contributed by atoms with van der Waals surface area (Å²) >= 11 is 0. The summed E-state index contributed by atoms with van der Waals surface area (Å²) < 4.78 is 12.0. The van der Waals surface area contributed by atoms with Gasteiger partial charge in [-0.3, -0.25) is 4.79 Å². The molecule has 1 aromatic rings. The number of rotatable bonds is 8. The van der Waals surface area contributed by atoms with E-state index in [2.05, 4.69) is 10.2 Å². The molecule has 1 heterocycles. The Morgan fingerprint density at radius 1 is 1.50 bits per heavy atom. The standard InChI is InChI=1S/C12H21N3O3/c1-4-6-10(12(16)18-5-2)11-14-13-9-15(11)7-8-17-3/h9-10H,4-8H2,1-3H3. The smallest absolute Gasteiger partial charge is 0.316 e. The van der Waals surface area contributed by atoms with Crippen LogP contribution >= 0.6 is 0 Å². The van der Waals surface area contributed by atoms with Crippen molar-refractivity contribution >= 4 is 5.97 Å². The first-order valence-electron chi connectivity index (χ1n) is 6.27. The molecule has 0 fully saturated rings. The third-order valence-corrected chi connectivity index (χ3v) is 2.64. The minimum Gasteiger partial charge on any atom is -0.465 e. The second-order valence-corrected chi connectivity index (χ2v) is 3.97. The van der Waals surface area contributed by atoms with Crippen molar-refractivity contribution in [3.05, 3.63) is 12.2 Å². The van der Waals surface area contributed by atoms with Crippen molar-refractivity contribution in [2.45, 2.75) is 39.2 Å². The Kier molecular flexibility index (Phi) is 6.35. The molecule has 6 heteroatoms. The first-order chi connectivity index (χ1) is 8.74. The lowest BCUT2D eigenvalue weighted by Crippen LogP contribution is -2.21. The van der Waals surface area contributed by atoms with Gasteiger partial charge in [-0.1, -0.05) is 13.3 Å². The van der Waals surface area contributed by atoms with E-state index in [-0.39, 0.29) is 11.9 Å². The molecule has 18 heavy (non-hydrogen) atoms. The van der Waals surface area contributed by atoms with Crippen LogP contribution in [0.3, 0.4) is 0 Å². The van der Waals surface area contributed by atoms with Gasteiger partial charge in [-0.15, -0.1) is 10.2 Å². The largest absolute Gasteiger partial charge is 0.465 e. The molecule has 1 rings (SSSR count). The topological polar surface area (TPSA) is 66.2 Å². The molecule has 0 aliphatic heterocycles. The maximum Gasteiger partial charge on any atom is 0.316 e. The highest BCUT2D eigenvalue weighted by Crippen LogP contribution is 2.21. The van der Waals surface area contributed by atoms with Gasteiger partial charge in [-0.25, -0.2) is 0 Å². The minimum atomic E-state index is -0.339. The van der Waals surface area contributed by atoms with Crippen LogP contribution in [0.2, 0.25) is 0 Å². The lowest BCUT2D eigenvalue weighted by atomic mass is 10.0. The summed E-state index contributed by atoms with van der Waals surface area (Å²) in [7, 11) is 1.64. The summed E-state index contributed by atoms with van der Waals surface area (Å²) in [4.78, 5) is 11.9. The highest BCUT2D eigenvalue weighted by Gasteiger charge is 2.26. The van der Waals surface area contributed by atoms with Crippen LogP contribution in [0.4, 0.5) is 0 Å². The van der Waals surface area contributed by atoms with Crippen molar-refractivity contribution in [2.75, 3.05) is 20.3 Å². The molecule has 1 aromatic heterocycles. The maximum atomic E-state index is 11.9. The summed E-state index contributed by atoms with van der Waals surface area (Å²) in [6.07, 6.45) is 3.22. The third-order valence-electron chi connectivity index (χ3n) is 2.64. The summed E-state index contributed by atoms with van der Waals surface area (Å²) in [5, 5.41) is 7.92. The minimum absolute atomic E-state index is 0.231. The third kappa shape index (κ3) is 3.80. The first kappa shape index (κ1) is 14.6. The van der Waals surface area contributed by atoms with Gasteiger partial charge in [0.25, 0.3) is 0 Å². The summed E-state index contributed by atoms with van der Waals surface area (Å²) in [5.74, 6) is 0.0904. The molecule has 0 aliphatic carbocycles. The molecule has 0 aromatic carbocycles.